The SMILES string of the molecule is C[SiH](C)Cc1ccc(Cl)cc1. The minimum atomic E-state index is -0.456. The Kier molecular flexibility index (Phi) is 3.15. The van der Waals surface area contributed by atoms with Crippen molar-refractivity contribution in [3.05, 3.63) is 34.9 Å². The fourth-order valence-electron chi connectivity index (χ4n) is 1.09. The first-order valence-electron chi connectivity index (χ1n) is 3.93. The second kappa shape index (κ2) is 3.93. The predicted octanol–water partition coefficient (Wildman–Crippen LogP) is 2.91. The van der Waals surface area contributed by atoms with Gasteiger partial charge in [-0.2, -0.15) is 0 Å². The highest BCUT2D eigenvalue weighted by atomic mass is 35.5. The molecule has 0 saturated carbocycles. The molecule has 0 N–H and O–H groups in total. The van der Waals surface area contributed by atoms with Gasteiger partial charge in [-0.25, -0.2) is 0 Å². The van der Waals surface area contributed by atoms with Crippen LogP contribution in [0.1, 0.15) is 5.56 Å². The number of hydrogen-bond donors (Lipinski definition) is 0. The van der Waals surface area contributed by atoms with Crippen LogP contribution in [0.5, 0.6) is 0 Å². The van der Waals surface area contributed by atoms with E-state index in [4.69, 9.17) is 11.6 Å². The zero-order valence-corrected chi connectivity index (χ0v) is 8.88. The highest BCUT2D eigenvalue weighted by molar-refractivity contribution is 6.55. The van der Waals surface area contributed by atoms with Crippen LogP contribution in [0.25, 0.3) is 0 Å². The lowest BCUT2D eigenvalue weighted by atomic mass is 10.2. The van der Waals surface area contributed by atoms with Gasteiger partial charge in [0.15, 0.2) is 0 Å². The van der Waals surface area contributed by atoms with Crippen molar-refractivity contribution in [2.24, 2.45) is 0 Å². The third-order valence-electron chi connectivity index (χ3n) is 1.56. The predicted molar refractivity (Wildman–Crippen MR) is 54.0 cm³/mol. The van der Waals surface area contributed by atoms with E-state index in [2.05, 4.69) is 25.2 Å². The van der Waals surface area contributed by atoms with Gasteiger partial charge in [0.25, 0.3) is 0 Å². The summed E-state index contributed by atoms with van der Waals surface area (Å²) in [6.07, 6.45) is 0. The monoisotopic (exact) mass is 184 g/mol. The molecule has 0 aromatic heterocycles. The molecule has 2 heteroatoms. The van der Waals surface area contributed by atoms with Crippen molar-refractivity contribution in [1.29, 1.82) is 0 Å². The van der Waals surface area contributed by atoms with E-state index in [0.29, 0.717) is 0 Å². The zero-order valence-electron chi connectivity index (χ0n) is 6.97. The van der Waals surface area contributed by atoms with Gasteiger partial charge in [-0.15, -0.1) is 0 Å². The Morgan fingerprint density at radius 2 is 1.73 bits per heavy atom. The van der Waals surface area contributed by atoms with Crippen molar-refractivity contribution in [2.45, 2.75) is 19.1 Å². The lowest BCUT2D eigenvalue weighted by molar-refractivity contribution is 1.35. The summed E-state index contributed by atoms with van der Waals surface area (Å²) >= 11 is 5.76. The van der Waals surface area contributed by atoms with Gasteiger partial charge in [-0.05, 0) is 18.2 Å². The standard InChI is InChI=1S/C9H13ClSi/c1-11(2)7-8-3-5-9(10)6-4-8/h3-6,11H,7H2,1-2H3. The van der Waals surface area contributed by atoms with Gasteiger partial charge in [0.1, 0.15) is 0 Å². The summed E-state index contributed by atoms with van der Waals surface area (Å²) in [6, 6.07) is 9.45. The van der Waals surface area contributed by atoms with Crippen LogP contribution in [0, 0.1) is 0 Å². The number of benzene rings is 1. The largest absolute Gasteiger partial charge is 0.0843 e. The van der Waals surface area contributed by atoms with Crippen molar-refractivity contribution in [2.75, 3.05) is 0 Å². The fourth-order valence-corrected chi connectivity index (χ4v) is 2.43. The van der Waals surface area contributed by atoms with Crippen LogP contribution in [0.3, 0.4) is 0 Å². The Hall–Kier alpha value is -0.273. The average Bonchev–Trinajstić information content (AvgIpc) is 1.93. The molecule has 0 bridgehead atoms. The lowest BCUT2D eigenvalue weighted by Crippen LogP contribution is -2.04. The van der Waals surface area contributed by atoms with Gasteiger partial charge in [0.2, 0.25) is 0 Å². The summed E-state index contributed by atoms with van der Waals surface area (Å²) in [5, 5.41) is 0.833. The molecule has 0 spiro atoms. The number of rotatable bonds is 2. The molecule has 0 unspecified atom stereocenters. The highest BCUT2D eigenvalue weighted by Crippen LogP contribution is 2.10. The second-order valence-electron chi connectivity index (χ2n) is 3.22. The molecule has 0 amide bonds. The van der Waals surface area contributed by atoms with Crippen molar-refractivity contribution in [1.82, 2.24) is 0 Å². The van der Waals surface area contributed by atoms with Gasteiger partial charge < -0.3 is 0 Å². The van der Waals surface area contributed by atoms with E-state index < -0.39 is 8.80 Å². The third-order valence-corrected chi connectivity index (χ3v) is 3.10. The molecule has 11 heavy (non-hydrogen) atoms. The molecule has 0 radical (unpaired) electrons. The normalized spacial score (nSPS) is 10.5. The second-order valence-corrected chi connectivity index (χ2v) is 6.86. The number of halogens is 1. The number of hydrogen-bond acceptors (Lipinski definition) is 0. The first kappa shape index (κ1) is 8.82. The minimum absolute atomic E-state index is 0.456. The quantitative estimate of drug-likeness (QED) is 0.621. The molecule has 0 aliphatic heterocycles. The van der Waals surface area contributed by atoms with Gasteiger partial charge in [0.05, 0.1) is 0 Å². The maximum absolute atomic E-state index is 5.76. The van der Waals surface area contributed by atoms with Crippen molar-refractivity contribution < 1.29 is 0 Å². The summed E-state index contributed by atoms with van der Waals surface area (Å²) in [6.45, 7) is 4.71. The molecule has 0 saturated heterocycles. The van der Waals surface area contributed by atoms with Crippen molar-refractivity contribution in [3.63, 3.8) is 0 Å². The lowest BCUT2D eigenvalue weighted by Gasteiger charge is -2.02. The van der Waals surface area contributed by atoms with Crippen LogP contribution >= 0.6 is 11.6 Å². The topological polar surface area (TPSA) is 0 Å². The van der Waals surface area contributed by atoms with E-state index in [1.165, 1.54) is 11.6 Å². The molecule has 0 fully saturated rings. The molecule has 0 heterocycles. The Labute approximate surface area is 74.8 Å². The summed E-state index contributed by atoms with van der Waals surface area (Å²) < 4.78 is 0. The van der Waals surface area contributed by atoms with Gasteiger partial charge >= 0.3 is 0 Å². The van der Waals surface area contributed by atoms with Crippen LogP contribution in [0.4, 0.5) is 0 Å². The molecule has 1 aromatic rings. The third kappa shape index (κ3) is 3.08. The molecule has 0 aliphatic carbocycles. The summed E-state index contributed by atoms with van der Waals surface area (Å²) in [5.41, 5.74) is 1.43. The van der Waals surface area contributed by atoms with Crippen molar-refractivity contribution >= 4 is 20.4 Å². The van der Waals surface area contributed by atoms with Gasteiger partial charge in [-0.1, -0.05) is 42.4 Å². The van der Waals surface area contributed by atoms with E-state index in [9.17, 15) is 0 Å². The first-order chi connectivity index (χ1) is 5.18. The molecular formula is C9H13ClSi. The fraction of sp³-hybridized carbons (Fsp3) is 0.333. The Balaban J connectivity index is 2.66. The zero-order chi connectivity index (χ0) is 8.27. The molecule has 0 atom stereocenters. The van der Waals surface area contributed by atoms with Crippen LogP contribution in [0.2, 0.25) is 18.1 Å². The maximum Gasteiger partial charge on any atom is 0.0406 e. The average molecular weight is 185 g/mol. The Morgan fingerprint density at radius 3 is 2.18 bits per heavy atom. The van der Waals surface area contributed by atoms with Crippen LogP contribution < -0.4 is 0 Å². The molecule has 0 aliphatic rings. The minimum Gasteiger partial charge on any atom is -0.0843 e. The van der Waals surface area contributed by atoms with Gasteiger partial charge in [0, 0.05) is 13.8 Å². The maximum atomic E-state index is 5.76. The summed E-state index contributed by atoms with van der Waals surface area (Å²) in [7, 11) is -0.456. The van der Waals surface area contributed by atoms with E-state index in [1.807, 2.05) is 12.1 Å². The Morgan fingerprint density at radius 1 is 1.18 bits per heavy atom. The van der Waals surface area contributed by atoms with Crippen LogP contribution in [-0.4, -0.2) is 8.80 Å². The smallest absolute Gasteiger partial charge is 0.0406 e. The highest BCUT2D eigenvalue weighted by Gasteiger charge is 1.97. The molecule has 60 valence electrons. The van der Waals surface area contributed by atoms with E-state index in [0.717, 1.165) is 5.02 Å². The summed E-state index contributed by atoms with van der Waals surface area (Å²) in [4.78, 5) is 0. The molecule has 1 rings (SSSR count). The van der Waals surface area contributed by atoms with E-state index >= 15 is 0 Å². The first-order valence-corrected chi connectivity index (χ1v) is 7.43. The van der Waals surface area contributed by atoms with Crippen LogP contribution in [0.15, 0.2) is 24.3 Å². The van der Waals surface area contributed by atoms with Crippen molar-refractivity contribution in [3.8, 4) is 0 Å². The summed E-state index contributed by atoms with van der Waals surface area (Å²) in [5.74, 6) is 0. The van der Waals surface area contributed by atoms with E-state index in [-0.39, 0.29) is 0 Å². The van der Waals surface area contributed by atoms with E-state index in [1.54, 1.807) is 0 Å². The Bertz CT molecular complexity index is 216. The molecular weight excluding hydrogens is 172 g/mol. The molecule has 1 aromatic carbocycles. The van der Waals surface area contributed by atoms with Crippen LogP contribution in [-0.2, 0) is 6.04 Å². The van der Waals surface area contributed by atoms with Gasteiger partial charge in [-0.3, -0.25) is 0 Å². The molecule has 0 nitrogen and oxygen atoms in total.